The summed E-state index contributed by atoms with van der Waals surface area (Å²) >= 11 is 6.12. The minimum atomic E-state index is -0.0383. The van der Waals surface area contributed by atoms with Crippen LogP contribution in [0.3, 0.4) is 0 Å². The highest BCUT2D eigenvalue weighted by molar-refractivity contribution is 6.30. The molecule has 0 spiro atoms. The van der Waals surface area contributed by atoms with Gasteiger partial charge in [-0.15, -0.1) is 0 Å². The summed E-state index contributed by atoms with van der Waals surface area (Å²) in [6.45, 7) is 7.81. The Morgan fingerprint density at radius 1 is 1.11 bits per heavy atom. The smallest absolute Gasteiger partial charge is 0.321 e. The lowest BCUT2D eigenvalue weighted by Gasteiger charge is -2.35. The maximum atomic E-state index is 12.6. The molecule has 1 aliphatic heterocycles. The number of ether oxygens (including phenoxy) is 1. The van der Waals surface area contributed by atoms with Gasteiger partial charge in [-0.05, 0) is 49.2 Å². The van der Waals surface area contributed by atoms with E-state index in [0.29, 0.717) is 18.1 Å². The highest BCUT2D eigenvalue weighted by Gasteiger charge is 2.22. The van der Waals surface area contributed by atoms with Gasteiger partial charge in [0, 0.05) is 49.0 Å². The number of aryl methyl sites for hydroxylation is 2. The van der Waals surface area contributed by atoms with Crippen molar-refractivity contribution in [3.05, 3.63) is 58.1 Å². The average molecular weight is 388 g/mol. The van der Waals surface area contributed by atoms with Gasteiger partial charge in [0.15, 0.2) is 0 Å². The Hall–Kier alpha value is -2.24. The topological polar surface area (TPSA) is 44.8 Å². The number of hydrogen-bond acceptors (Lipinski definition) is 3. The van der Waals surface area contributed by atoms with Gasteiger partial charge in [-0.1, -0.05) is 23.7 Å². The van der Waals surface area contributed by atoms with Gasteiger partial charge in [0.05, 0.1) is 7.11 Å². The quantitative estimate of drug-likeness (QED) is 0.849. The third kappa shape index (κ3) is 4.93. The number of halogens is 1. The minimum absolute atomic E-state index is 0.0383. The van der Waals surface area contributed by atoms with Gasteiger partial charge in [0.2, 0.25) is 0 Å². The van der Waals surface area contributed by atoms with E-state index in [9.17, 15) is 4.79 Å². The van der Waals surface area contributed by atoms with Gasteiger partial charge in [-0.2, -0.15) is 0 Å². The molecule has 2 aromatic carbocycles. The van der Waals surface area contributed by atoms with Crippen LogP contribution in [0.5, 0.6) is 5.75 Å². The van der Waals surface area contributed by atoms with Crippen LogP contribution in [-0.4, -0.2) is 49.1 Å². The Bertz CT molecular complexity index is 817. The molecule has 2 aromatic rings. The third-order valence-corrected chi connectivity index (χ3v) is 5.17. The molecule has 0 aliphatic carbocycles. The van der Waals surface area contributed by atoms with Crippen molar-refractivity contribution in [2.45, 2.75) is 20.4 Å². The SMILES string of the molecule is COc1ccc(Cl)cc1CN1CCN(C(=O)Nc2cc(C)ccc2C)CC1. The molecule has 0 radical (unpaired) electrons. The zero-order valence-corrected chi connectivity index (χ0v) is 16.8. The van der Waals surface area contributed by atoms with E-state index in [1.807, 2.05) is 55.1 Å². The fourth-order valence-corrected chi connectivity index (χ4v) is 3.48. The lowest BCUT2D eigenvalue weighted by atomic mass is 10.1. The number of nitrogens with one attached hydrogen (secondary N) is 1. The normalized spacial score (nSPS) is 14.9. The molecule has 144 valence electrons. The van der Waals surface area contributed by atoms with E-state index < -0.39 is 0 Å². The molecule has 0 bridgehead atoms. The first-order chi connectivity index (χ1) is 13.0. The summed E-state index contributed by atoms with van der Waals surface area (Å²) in [5.74, 6) is 0.842. The molecule has 0 unspecified atom stereocenters. The first-order valence-corrected chi connectivity index (χ1v) is 9.52. The van der Waals surface area contributed by atoms with Crippen molar-refractivity contribution < 1.29 is 9.53 Å². The van der Waals surface area contributed by atoms with Crippen LogP contribution in [0.4, 0.5) is 10.5 Å². The van der Waals surface area contributed by atoms with Crippen LogP contribution in [-0.2, 0) is 6.54 Å². The Balaban J connectivity index is 1.56. The molecular formula is C21H26ClN3O2. The molecule has 0 aromatic heterocycles. The van der Waals surface area contributed by atoms with Crippen LogP contribution in [0.1, 0.15) is 16.7 Å². The number of carbonyl (C=O) groups excluding carboxylic acids is 1. The molecule has 1 N–H and O–H groups in total. The summed E-state index contributed by atoms with van der Waals surface area (Å²) in [7, 11) is 1.67. The number of urea groups is 1. The molecule has 1 aliphatic rings. The van der Waals surface area contributed by atoms with Crippen LogP contribution in [0.25, 0.3) is 0 Å². The summed E-state index contributed by atoms with van der Waals surface area (Å²) < 4.78 is 5.43. The minimum Gasteiger partial charge on any atom is -0.496 e. The molecule has 0 atom stereocenters. The van der Waals surface area contributed by atoms with Gasteiger partial charge >= 0.3 is 6.03 Å². The average Bonchev–Trinajstić information content (AvgIpc) is 2.65. The van der Waals surface area contributed by atoms with Gasteiger partial charge in [-0.25, -0.2) is 4.79 Å². The molecule has 1 fully saturated rings. The Morgan fingerprint density at radius 3 is 2.56 bits per heavy atom. The predicted octanol–water partition coefficient (Wildman–Crippen LogP) is 4.32. The standard InChI is InChI=1S/C21H26ClN3O2/c1-15-4-5-16(2)19(12-15)23-21(26)25-10-8-24(9-11-25)14-17-13-18(22)6-7-20(17)27-3/h4-7,12-13H,8-11,14H2,1-3H3,(H,23,26). The number of anilines is 1. The van der Waals surface area contributed by atoms with E-state index in [-0.39, 0.29) is 6.03 Å². The predicted molar refractivity (Wildman–Crippen MR) is 110 cm³/mol. The van der Waals surface area contributed by atoms with Crippen molar-refractivity contribution >= 4 is 23.3 Å². The maximum Gasteiger partial charge on any atom is 0.321 e. The zero-order chi connectivity index (χ0) is 19.4. The Morgan fingerprint density at radius 2 is 1.85 bits per heavy atom. The van der Waals surface area contributed by atoms with Crippen molar-refractivity contribution in [2.24, 2.45) is 0 Å². The lowest BCUT2D eigenvalue weighted by molar-refractivity contribution is 0.142. The second-order valence-electron chi connectivity index (χ2n) is 6.97. The number of rotatable bonds is 4. The van der Waals surface area contributed by atoms with E-state index in [2.05, 4.69) is 10.2 Å². The molecule has 6 heteroatoms. The monoisotopic (exact) mass is 387 g/mol. The summed E-state index contributed by atoms with van der Waals surface area (Å²) in [4.78, 5) is 16.8. The number of benzene rings is 2. The van der Waals surface area contributed by atoms with E-state index in [1.165, 1.54) is 0 Å². The highest BCUT2D eigenvalue weighted by atomic mass is 35.5. The van der Waals surface area contributed by atoms with Gasteiger partial charge in [0.1, 0.15) is 5.75 Å². The number of amides is 2. The van der Waals surface area contributed by atoms with Crippen molar-refractivity contribution in [1.29, 1.82) is 0 Å². The first kappa shape index (κ1) is 19.5. The van der Waals surface area contributed by atoms with Crippen LogP contribution in [0.15, 0.2) is 36.4 Å². The van der Waals surface area contributed by atoms with E-state index in [1.54, 1.807) is 7.11 Å². The van der Waals surface area contributed by atoms with Gasteiger partial charge in [0.25, 0.3) is 0 Å². The summed E-state index contributed by atoms with van der Waals surface area (Å²) in [6.07, 6.45) is 0. The van der Waals surface area contributed by atoms with Crippen molar-refractivity contribution in [2.75, 3.05) is 38.6 Å². The van der Waals surface area contributed by atoms with Crippen molar-refractivity contribution in [3.8, 4) is 5.75 Å². The molecule has 27 heavy (non-hydrogen) atoms. The summed E-state index contributed by atoms with van der Waals surface area (Å²) in [5.41, 5.74) is 4.15. The third-order valence-electron chi connectivity index (χ3n) is 4.93. The molecule has 1 saturated heterocycles. The molecule has 1 heterocycles. The van der Waals surface area contributed by atoms with Crippen LogP contribution < -0.4 is 10.1 Å². The number of hydrogen-bond donors (Lipinski definition) is 1. The van der Waals surface area contributed by atoms with E-state index in [0.717, 1.165) is 47.8 Å². The Kier molecular flexibility index (Phi) is 6.24. The second-order valence-corrected chi connectivity index (χ2v) is 7.40. The molecule has 2 amide bonds. The van der Waals surface area contributed by atoms with Crippen LogP contribution in [0, 0.1) is 13.8 Å². The first-order valence-electron chi connectivity index (χ1n) is 9.14. The number of carbonyl (C=O) groups is 1. The molecular weight excluding hydrogens is 362 g/mol. The lowest BCUT2D eigenvalue weighted by Crippen LogP contribution is -2.49. The summed E-state index contributed by atoms with van der Waals surface area (Å²) in [5, 5.41) is 3.75. The highest BCUT2D eigenvalue weighted by Crippen LogP contribution is 2.24. The van der Waals surface area contributed by atoms with Gasteiger partial charge in [-0.3, -0.25) is 4.90 Å². The van der Waals surface area contributed by atoms with Crippen LogP contribution >= 0.6 is 11.6 Å². The van der Waals surface area contributed by atoms with Crippen molar-refractivity contribution in [3.63, 3.8) is 0 Å². The molecule has 3 rings (SSSR count). The number of methoxy groups -OCH3 is 1. The Labute approximate surface area is 165 Å². The van der Waals surface area contributed by atoms with E-state index >= 15 is 0 Å². The number of piperazine rings is 1. The number of nitrogens with zero attached hydrogens (tertiary/aromatic N) is 2. The van der Waals surface area contributed by atoms with E-state index in [4.69, 9.17) is 16.3 Å². The summed E-state index contributed by atoms with van der Waals surface area (Å²) in [6, 6.07) is 11.7. The van der Waals surface area contributed by atoms with Crippen molar-refractivity contribution in [1.82, 2.24) is 9.80 Å². The molecule has 0 saturated carbocycles. The molecule has 5 nitrogen and oxygen atoms in total. The largest absolute Gasteiger partial charge is 0.496 e. The fraction of sp³-hybridized carbons (Fsp3) is 0.381. The van der Waals surface area contributed by atoms with Gasteiger partial charge < -0.3 is 15.0 Å². The fourth-order valence-electron chi connectivity index (χ4n) is 3.29. The second kappa shape index (κ2) is 8.63. The maximum absolute atomic E-state index is 12.6. The van der Waals surface area contributed by atoms with Crippen LogP contribution in [0.2, 0.25) is 5.02 Å². The zero-order valence-electron chi connectivity index (χ0n) is 16.1.